The molecule has 0 bridgehead atoms. The minimum absolute atomic E-state index is 1.88. The molecule has 0 radical (unpaired) electrons. The standard InChI is InChI=1S/C6H7N3/c1-2-5-9-7-3-6-8(9)4-1/h1-7H. The molecular weight excluding hydrogens is 114 g/mol. The highest BCUT2D eigenvalue weighted by atomic mass is 15.8. The summed E-state index contributed by atoms with van der Waals surface area (Å²) in [7, 11) is 0. The molecule has 0 aliphatic carbocycles. The lowest BCUT2D eigenvalue weighted by atomic mass is 10.5. The van der Waals surface area contributed by atoms with Crippen LogP contribution in [-0.2, 0) is 0 Å². The molecule has 0 fully saturated rings. The zero-order valence-electron chi connectivity index (χ0n) is 4.86. The average Bonchev–Trinajstić information content (AvgIpc) is 2.33. The van der Waals surface area contributed by atoms with E-state index < -0.39 is 0 Å². The van der Waals surface area contributed by atoms with E-state index in [-0.39, 0.29) is 0 Å². The number of nitrogens with zero attached hydrogens (tertiary/aromatic N) is 2. The van der Waals surface area contributed by atoms with Gasteiger partial charge in [0.1, 0.15) is 0 Å². The Morgan fingerprint density at radius 2 is 1.89 bits per heavy atom. The third-order valence-electron chi connectivity index (χ3n) is 1.26. The van der Waals surface area contributed by atoms with E-state index in [1.807, 2.05) is 47.1 Å². The Hall–Kier alpha value is -1.38. The molecule has 2 heterocycles. The third-order valence-corrected chi connectivity index (χ3v) is 1.26. The summed E-state index contributed by atoms with van der Waals surface area (Å²) in [6, 6.07) is 0. The summed E-state index contributed by atoms with van der Waals surface area (Å²) in [5.74, 6) is 0. The lowest BCUT2D eigenvalue weighted by molar-refractivity contribution is 0.114. The quantitative estimate of drug-likeness (QED) is 0.504. The first-order valence-electron chi connectivity index (χ1n) is 2.82. The summed E-state index contributed by atoms with van der Waals surface area (Å²) < 4.78 is 0. The van der Waals surface area contributed by atoms with Crippen LogP contribution in [0.5, 0.6) is 0 Å². The molecule has 0 aromatic rings. The summed E-state index contributed by atoms with van der Waals surface area (Å²) in [4.78, 5) is 0. The number of hydrazine groups is 2. The summed E-state index contributed by atoms with van der Waals surface area (Å²) in [5, 5.41) is 3.82. The Labute approximate surface area is 53.5 Å². The van der Waals surface area contributed by atoms with Gasteiger partial charge in [-0.15, -0.1) is 0 Å². The highest BCUT2D eigenvalue weighted by Gasteiger charge is 2.08. The zero-order chi connectivity index (χ0) is 6.10. The summed E-state index contributed by atoms with van der Waals surface area (Å²) in [6.45, 7) is 0. The van der Waals surface area contributed by atoms with Crippen molar-refractivity contribution in [2.75, 3.05) is 0 Å². The molecule has 0 aromatic carbocycles. The van der Waals surface area contributed by atoms with Gasteiger partial charge in [-0.1, -0.05) is 0 Å². The van der Waals surface area contributed by atoms with Crippen LogP contribution in [0.25, 0.3) is 0 Å². The zero-order valence-corrected chi connectivity index (χ0v) is 4.86. The summed E-state index contributed by atoms with van der Waals surface area (Å²) in [6.07, 6.45) is 11.7. The van der Waals surface area contributed by atoms with Crippen LogP contribution in [0.15, 0.2) is 37.0 Å². The topological polar surface area (TPSA) is 18.5 Å². The smallest absolute Gasteiger partial charge is 0.0459 e. The van der Waals surface area contributed by atoms with Gasteiger partial charge in [-0.25, -0.2) is 5.01 Å². The summed E-state index contributed by atoms with van der Waals surface area (Å²) in [5.41, 5.74) is 3.00. The Kier molecular flexibility index (Phi) is 0.773. The molecule has 0 aromatic heterocycles. The van der Waals surface area contributed by atoms with Crippen LogP contribution < -0.4 is 5.43 Å². The van der Waals surface area contributed by atoms with Crippen LogP contribution in [0.2, 0.25) is 0 Å². The lowest BCUT2D eigenvalue weighted by Crippen LogP contribution is -2.34. The van der Waals surface area contributed by atoms with Crippen LogP contribution in [0.4, 0.5) is 0 Å². The molecule has 9 heavy (non-hydrogen) atoms. The van der Waals surface area contributed by atoms with Crippen molar-refractivity contribution in [3.8, 4) is 0 Å². The molecule has 0 saturated heterocycles. The molecule has 3 heteroatoms. The SMILES string of the molecule is C1=CN2C=CNN2C=C1. The van der Waals surface area contributed by atoms with Gasteiger partial charge < -0.3 is 0 Å². The van der Waals surface area contributed by atoms with Gasteiger partial charge in [0, 0.05) is 24.8 Å². The van der Waals surface area contributed by atoms with Crippen molar-refractivity contribution in [2.45, 2.75) is 0 Å². The molecule has 2 aliphatic heterocycles. The van der Waals surface area contributed by atoms with Crippen LogP contribution in [0.1, 0.15) is 0 Å². The van der Waals surface area contributed by atoms with Crippen LogP contribution in [-0.4, -0.2) is 10.1 Å². The van der Waals surface area contributed by atoms with Gasteiger partial charge in [0.25, 0.3) is 0 Å². The van der Waals surface area contributed by atoms with Crippen LogP contribution in [0.3, 0.4) is 0 Å². The predicted molar refractivity (Wildman–Crippen MR) is 34.2 cm³/mol. The summed E-state index contributed by atoms with van der Waals surface area (Å²) >= 11 is 0. The monoisotopic (exact) mass is 121 g/mol. The van der Waals surface area contributed by atoms with Crippen molar-refractivity contribution in [3.05, 3.63) is 37.0 Å². The van der Waals surface area contributed by atoms with Gasteiger partial charge in [0.05, 0.1) is 0 Å². The highest BCUT2D eigenvalue weighted by molar-refractivity contribution is 5.09. The Morgan fingerprint density at radius 1 is 1.00 bits per heavy atom. The van der Waals surface area contributed by atoms with E-state index in [0.717, 1.165) is 0 Å². The second kappa shape index (κ2) is 1.55. The maximum absolute atomic E-state index is 3.00. The minimum atomic E-state index is 1.88. The van der Waals surface area contributed by atoms with Crippen LogP contribution >= 0.6 is 0 Å². The number of hydrogen-bond acceptors (Lipinski definition) is 3. The van der Waals surface area contributed by atoms with Crippen LogP contribution in [0, 0.1) is 0 Å². The molecular formula is C6H7N3. The number of hydrogen-bond donors (Lipinski definition) is 1. The first-order valence-corrected chi connectivity index (χ1v) is 2.82. The van der Waals surface area contributed by atoms with Crippen molar-refractivity contribution >= 4 is 0 Å². The second-order valence-corrected chi connectivity index (χ2v) is 1.85. The fourth-order valence-corrected chi connectivity index (χ4v) is 0.835. The van der Waals surface area contributed by atoms with Gasteiger partial charge >= 0.3 is 0 Å². The Balaban J connectivity index is 2.25. The van der Waals surface area contributed by atoms with Crippen molar-refractivity contribution in [1.82, 2.24) is 15.6 Å². The molecule has 0 saturated carbocycles. The molecule has 1 N–H and O–H groups in total. The van der Waals surface area contributed by atoms with E-state index in [1.54, 1.807) is 0 Å². The third kappa shape index (κ3) is 0.579. The molecule has 0 amide bonds. The van der Waals surface area contributed by atoms with Gasteiger partial charge in [-0.2, -0.15) is 5.12 Å². The molecule has 0 unspecified atom stereocenters. The van der Waals surface area contributed by atoms with Gasteiger partial charge in [-0.3, -0.25) is 5.43 Å². The first kappa shape index (κ1) is 4.49. The fourth-order valence-electron chi connectivity index (χ4n) is 0.835. The molecule has 2 aliphatic rings. The van der Waals surface area contributed by atoms with E-state index in [9.17, 15) is 0 Å². The van der Waals surface area contributed by atoms with Crippen molar-refractivity contribution in [2.24, 2.45) is 0 Å². The van der Waals surface area contributed by atoms with E-state index in [4.69, 9.17) is 0 Å². The highest BCUT2D eigenvalue weighted by Crippen LogP contribution is 2.07. The van der Waals surface area contributed by atoms with Crippen molar-refractivity contribution < 1.29 is 0 Å². The number of fused-ring (bicyclic) bond motifs is 1. The van der Waals surface area contributed by atoms with Gasteiger partial charge in [-0.05, 0) is 12.2 Å². The normalized spacial score (nSPS) is 20.4. The van der Waals surface area contributed by atoms with E-state index in [2.05, 4.69) is 5.43 Å². The van der Waals surface area contributed by atoms with E-state index >= 15 is 0 Å². The first-order chi connectivity index (χ1) is 4.47. The molecule has 2 rings (SSSR count). The molecule has 3 nitrogen and oxygen atoms in total. The van der Waals surface area contributed by atoms with Crippen molar-refractivity contribution in [3.63, 3.8) is 0 Å². The largest absolute Gasteiger partial charge is 0.285 e. The number of allylic oxidation sites excluding steroid dienone is 2. The lowest BCUT2D eigenvalue weighted by Gasteiger charge is -2.25. The van der Waals surface area contributed by atoms with Gasteiger partial charge in [0.2, 0.25) is 0 Å². The maximum Gasteiger partial charge on any atom is 0.0459 e. The minimum Gasteiger partial charge on any atom is -0.285 e. The maximum atomic E-state index is 3.00. The van der Waals surface area contributed by atoms with E-state index in [0.29, 0.717) is 0 Å². The number of nitrogens with one attached hydrogen (secondary N) is 1. The second-order valence-electron chi connectivity index (χ2n) is 1.85. The molecule has 46 valence electrons. The van der Waals surface area contributed by atoms with E-state index in [1.165, 1.54) is 0 Å². The molecule has 0 atom stereocenters. The molecule has 0 spiro atoms. The fraction of sp³-hybridized carbons (Fsp3) is 0. The predicted octanol–water partition coefficient (Wildman–Crippen LogP) is 0.536. The Morgan fingerprint density at radius 3 is 2.78 bits per heavy atom. The van der Waals surface area contributed by atoms with Crippen molar-refractivity contribution in [1.29, 1.82) is 0 Å². The Bertz CT molecular complexity index is 192. The number of rotatable bonds is 0. The average molecular weight is 121 g/mol. The van der Waals surface area contributed by atoms with Gasteiger partial charge in [0.15, 0.2) is 0 Å².